The first kappa shape index (κ1) is 18.0. The van der Waals surface area contributed by atoms with Crippen molar-refractivity contribution < 1.29 is 9.59 Å². The van der Waals surface area contributed by atoms with Crippen molar-refractivity contribution in [3.63, 3.8) is 0 Å². The Bertz CT molecular complexity index is 855. The third-order valence-corrected chi connectivity index (χ3v) is 5.73. The van der Waals surface area contributed by atoms with E-state index >= 15 is 0 Å². The average Bonchev–Trinajstić information content (AvgIpc) is 3.55. The van der Waals surface area contributed by atoms with E-state index in [-0.39, 0.29) is 17.1 Å². The molecule has 1 atom stereocenters. The van der Waals surface area contributed by atoms with Crippen LogP contribution in [0.15, 0.2) is 29.4 Å². The molecular weight excluding hydrogens is 362 g/mol. The van der Waals surface area contributed by atoms with Gasteiger partial charge in [0, 0.05) is 30.3 Å². The smallest absolute Gasteiger partial charge is 0.237 e. The number of hydrogen-bond acceptors (Lipinski definition) is 5. The summed E-state index contributed by atoms with van der Waals surface area (Å²) in [5.41, 5.74) is 1.40. The van der Waals surface area contributed by atoms with Gasteiger partial charge in [0.1, 0.15) is 5.82 Å². The van der Waals surface area contributed by atoms with E-state index in [0.717, 1.165) is 11.0 Å². The Balaban J connectivity index is 1.39. The third kappa shape index (κ3) is 4.32. The predicted molar refractivity (Wildman–Crippen MR) is 105 cm³/mol. The van der Waals surface area contributed by atoms with Crippen LogP contribution in [-0.2, 0) is 9.59 Å². The summed E-state index contributed by atoms with van der Waals surface area (Å²) in [5, 5.41) is 14.9. The number of nitrogens with one attached hydrogen (secondary N) is 2. The number of thioether (sulfide) groups is 1. The van der Waals surface area contributed by atoms with Gasteiger partial charge in [0.05, 0.1) is 5.25 Å². The van der Waals surface area contributed by atoms with Crippen molar-refractivity contribution in [2.75, 3.05) is 10.6 Å². The van der Waals surface area contributed by atoms with Crippen LogP contribution < -0.4 is 10.6 Å². The monoisotopic (exact) mass is 385 g/mol. The third-order valence-electron chi connectivity index (χ3n) is 4.67. The fourth-order valence-corrected chi connectivity index (χ4v) is 3.89. The van der Waals surface area contributed by atoms with Crippen LogP contribution in [0, 0.1) is 0 Å². The molecule has 0 radical (unpaired) electrons. The Morgan fingerprint density at radius 1 is 1.07 bits per heavy atom. The summed E-state index contributed by atoms with van der Waals surface area (Å²) in [5.74, 6) is 1.45. The second-order valence-corrected chi connectivity index (χ2v) is 8.53. The van der Waals surface area contributed by atoms with Crippen LogP contribution in [-0.4, -0.2) is 31.8 Å². The molecule has 0 bridgehead atoms. The van der Waals surface area contributed by atoms with Gasteiger partial charge >= 0.3 is 0 Å². The summed E-state index contributed by atoms with van der Waals surface area (Å²) < 4.78 is 2.26. The molecule has 1 aromatic heterocycles. The van der Waals surface area contributed by atoms with Crippen molar-refractivity contribution >= 4 is 35.0 Å². The predicted octanol–water partition coefficient (Wildman–Crippen LogP) is 3.57. The van der Waals surface area contributed by atoms with Gasteiger partial charge in [-0.05, 0) is 56.9 Å². The summed E-state index contributed by atoms with van der Waals surface area (Å²) in [4.78, 5) is 23.6. The van der Waals surface area contributed by atoms with E-state index in [1.54, 1.807) is 24.3 Å². The topological polar surface area (TPSA) is 88.9 Å². The molecule has 2 aromatic rings. The highest BCUT2D eigenvalue weighted by atomic mass is 32.2. The van der Waals surface area contributed by atoms with Crippen molar-refractivity contribution in [1.29, 1.82) is 0 Å². The number of amides is 2. The van der Waals surface area contributed by atoms with E-state index in [0.29, 0.717) is 23.3 Å². The largest absolute Gasteiger partial charge is 0.326 e. The summed E-state index contributed by atoms with van der Waals surface area (Å²) in [6.45, 7) is 3.35. The Labute approximate surface area is 162 Å². The number of carbonyl (C=O) groups excluding carboxylic acids is 2. The van der Waals surface area contributed by atoms with Crippen LogP contribution in [0.2, 0.25) is 0 Å². The van der Waals surface area contributed by atoms with Gasteiger partial charge in [0.15, 0.2) is 5.16 Å². The molecule has 0 aliphatic heterocycles. The van der Waals surface area contributed by atoms with Crippen molar-refractivity contribution in [3.8, 4) is 0 Å². The second-order valence-electron chi connectivity index (χ2n) is 7.22. The van der Waals surface area contributed by atoms with Crippen LogP contribution in [0.5, 0.6) is 0 Å². The lowest BCUT2D eigenvalue weighted by molar-refractivity contribution is -0.115. The number of benzene rings is 1. The molecule has 8 heteroatoms. The maximum atomic E-state index is 12.6. The summed E-state index contributed by atoms with van der Waals surface area (Å²) in [7, 11) is 0. The molecule has 0 spiro atoms. The number of hydrogen-bond donors (Lipinski definition) is 2. The highest BCUT2D eigenvalue weighted by Crippen LogP contribution is 2.46. The van der Waals surface area contributed by atoms with Gasteiger partial charge in [-0.1, -0.05) is 11.8 Å². The molecule has 1 heterocycles. The maximum absolute atomic E-state index is 12.6. The Hall–Kier alpha value is -2.35. The standard InChI is InChI=1S/C19H23N5O2S/c1-11(18(26)21-15-7-5-14(6-8-15)20-12(2)25)27-19-23-22-17(13-3-4-13)24(19)16-9-10-16/h5-8,11,13,16H,3-4,9-10H2,1-2H3,(H,20,25)(H,21,26)/t11-/m0/s1. The summed E-state index contributed by atoms with van der Waals surface area (Å²) in [6.07, 6.45) is 4.74. The Morgan fingerprint density at radius 2 is 1.70 bits per heavy atom. The van der Waals surface area contributed by atoms with Gasteiger partial charge in [0.25, 0.3) is 0 Å². The van der Waals surface area contributed by atoms with E-state index < -0.39 is 0 Å². The maximum Gasteiger partial charge on any atom is 0.237 e. The first-order valence-corrected chi connectivity index (χ1v) is 10.2. The molecule has 2 amide bonds. The molecule has 142 valence electrons. The fourth-order valence-electron chi connectivity index (χ4n) is 2.96. The lowest BCUT2D eigenvalue weighted by atomic mass is 10.2. The normalized spacial score (nSPS) is 17.4. The minimum absolute atomic E-state index is 0.0782. The molecule has 4 rings (SSSR count). The van der Waals surface area contributed by atoms with Crippen LogP contribution in [0.4, 0.5) is 11.4 Å². The molecule has 2 N–H and O–H groups in total. The molecule has 0 unspecified atom stereocenters. The fraction of sp³-hybridized carbons (Fsp3) is 0.474. The molecule has 0 saturated heterocycles. The van der Waals surface area contributed by atoms with E-state index in [2.05, 4.69) is 25.4 Å². The van der Waals surface area contributed by atoms with Gasteiger partial charge < -0.3 is 15.2 Å². The zero-order valence-electron chi connectivity index (χ0n) is 15.4. The molecule has 2 aliphatic rings. The van der Waals surface area contributed by atoms with Gasteiger partial charge in [0.2, 0.25) is 11.8 Å². The number of nitrogens with zero attached hydrogens (tertiary/aromatic N) is 3. The van der Waals surface area contributed by atoms with Crippen molar-refractivity contribution in [3.05, 3.63) is 30.1 Å². The van der Waals surface area contributed by atoms with Gasteiger partial charge in [-0.2, -0.15) is 0 Å². The molecular formula is C19H23N5O2S. The lowest BCUT2D eigenvalue weighted by Gasteiger charge is -2.13. The molecule has 1 aromatic carbocycles. The quantitative estimate of drug-likeness (QED) is 0.711. The van der Waals surface area contributed by atoms with E-state index in [1.807, 2.05) is 6.92 Å². The van der Waals surface area contributed by atoms with Crippen LogP contribution in [0.1, 0.15) is 57.3 Å². The second kappa shape index (κ2) is 7.34. The van der Waals surface area contributed by atoms with Crippen molar-refractivity contribution in [1.82, 2.24) is 14.8 Å². The summed E-state index contributed by atoms with van der Waals surface area (Å²) in [6, 6.07) is 7.59. The molecule has 7 nitrogen and oxygen atoms in total. The van der Waals surface area contributed by atoms with E-state index in [1.165, 1.54) is 44.4 Å². The number of aromatic nitrogens is 3. The van der Waals surface area contributed by atoms with Crippen LogP contribution in [0.3, 0.4) is 0 Å². The van der Waals surface area contributed by atoms with E-state index in [9.17, 15) is 9.59 Å². The number of carbonyl (C=O) groups is 2. The zero-order valence-corrected chi connectivity index (χ0v) is 16.3. The minimum Gasteiger partial charge on any atom is -0.326 e. The molecule has 2 aliphatic carbocycles. The van der Waals surface area contributed by atoms with Crippen molar-refractivity contribution in [2.45, 2.75) is 61.9 Å². The van der Waals surface area contributed by atoms with Gasteiger partial charge in [-0.15, -0.1) is 10.2 Å². The van der Waals surface area contributed by atoms with Crippen LogP contribution >= 0.6 is 11.8 Å². The number of anilines is 2. The van der Waals surface area contributed by atoms with Gasteiger partial charge in [-0.25, -0.2) is 0 Å². The first-order valence-electron chi connectivity index (χ1n) is 9.31. The highest BCUT2D eigenvalue weighted by molar-refractivity contribution is 8.00. The number of rotatable bonds is 7. The van der Waals surface area contributed by atoms with Gasteiger partial charge in [-0.3, -0.25) is 9.59 Å². The molecule has 2 fully saturated rings. The minimum atomic E-state index is -0.284. The Morgan fingerprint density at radius 3 is 2.26 bits per heavy atom. The lowest BCUT2D eigenvalue weighted by Crippen LogP contribution is -2.23. The van der Waals surface area contributed by atoms with E-state index in [4.69, 9.17) is 0 Å². The summed E-state index contributed by atoms with van der Waals surface area (Å²) >= 11 is 1.46. The molecule has 27 heavy (non-hydrogen) atoms. The zero-order chi connectivity index (χ0) is 19.0. The SMILES string of the molecule is CC(=O)Nc1ccc(NC(=O)[C@H](C)Sc2nnc(C3CC3)n2C2CC2)cc1. The Kier molecular flexibility index (Phi) is 4.90. The highest BCUT2D eigenvalue weighted by Gasteiger charge is 2.37. The van der Waals surface area contributed by atoms with Crippen molar-refractivity contribution in [2.24, 2.45) is 0 Å². The average molecular weight is 385 g/mol. The first-order chi connectivity index (χ1) is 13.0. The molecule has 2 saturated carbocycles. The van der Waals surface area contributed by atoms with Crippen LogP contribution in [0.25, 0.3) is 0 Å².